The zero-order chi connectivity index (χ0) is 10.6. The van der Waals surface area contributed by atoms with Gasteiger partial charge in [-0.15, -0.1) is 0 Å². The van der Waals surface area contributed by atoms with Gasteiger partial charge in [0.05, 0.1) is 0 Å². The Kier molecular flexibility index (Phi) is 3.81. The average Bonchev–Trinajstić information content (AvgIpc) is 2.15. The highest BCUT2D eigenvalue weighted by atomic mass is 19.1. The zero-order valence-electron chi connectivity index (χ0n) is 8.64. The molecule has 14 heavy (non-hydrogen) atoms. The molecule has 0 aromatic heterocycles. The van der Waals surface area contributed by atoms with Crippen molar-refractivity contribution in [1.82, 2.24) is 0 Å². The Labute approximate surface area is 83.9 Å². The lowest BCUT2D eigenvalue weighted by Gasteiger charge is -2.03. The van der Waals surface area contributed by atoms with E-state index in [1.54, 1.807) is 12.1 Å². The van der Waals surface area contributed by atoms with Crippen LogP contribution in [0.4, 0.5) is 4.39 Å². The molecular weight excluding hydrogens is 179 g/mol. The number of unbranched alkanes of at least 4 members (excludes halogenated alkanes) is 1. The number of halogens is 1. The maximum Gasteiger partial charge on any atom is 0.159 e. The molecule has 0 atom stereocenters. The second-order valence-electron chi connectivity index (χ2n) is 3.47. The molecule has 0 bridgehead atoms. The van der Waals surface area contributed by atoms with Gasteiger partial charge >= 0.3 is 0 Å². The van der Waals surface area contributed by atoms with Gasteiger partial charge in [0.2, 0.25) is 0 Å². The van der Waals surface area contributed by atoms with E-state index in [0.29, 0.717) is 11.1 Å². The molecule has 1 rings (SSSR count). The summed E-state index contributed by atoms with van der Waals surface area (Å²) in [7, 11) is 0. The predicted octanol–water partition coefficient (Wildman–Crippen LogP) is 3.37. The van der Waals surface area contributed by atoms with Crippen LogP contribution < -0.4 is 0 Å². The SMILES string of the molecule is CCCCc1ccc(C(C)=O)cc1F. The fourth-order valence-corrected chi connectivity index (χ4v) is 1.34. The maximum atomic E-state index is 13.4. The van der Waals surface area contributed by atoms with Crippen LogP contribution in [-0.2, 0) is 6.42 Å². The fourth-order valence-electron chi connectivity index (χ4n) is 1.34. The van der Waals surface area contributed by atoms with Gasteiger partial charge in [-0.3, -0.25) is 4.79 Å². The van der Waals surface area contributed by atoms with Gasteiger partial charge in [-0.05, 0) is 31.4 Å². The van der Waals surface area contributed by atoms with Gasteiger partial charge in [-0.2, -0.15) is 0 Å². The molecule has 0 unspecified atom stereocenters. The van der Waals surface area contributed by atoms with Gasteiger partial charge < -0.3 is 0 Å². The highest BCUT2D eigenvalue weighted by Gasteiger charge is 2.05. The van der Waals surface area contributed by atoms with Crippen LogP contribution in [0.25, 0.3) is 0 Å². The van der Waals surface area contributed by atoms with E-state index in [9.17, 15) is 9.18 Å². The molecule has 2 heteroatoms. The van der Waals surface area contributed by atoms with Crippen LogP contribution in [0.3, 0.4) is 0 Å². The van der Waals surface area contributed by atoms with Gasteiger partial charge in [-0.1, -0.05) is 25.5 Å². The third-order valence-corrected chi connectivity index (χ3v) is 2.26. The molecular formula is C12H15FO. The minimum Gasteiger partial charge on any atom is -0.295 e. The van der Waals surface area contributed by atoms with Crippen LogP contribution in [0.5, 0.6) is 0 Å². The molecule has 0 fully saturated rings. The number of Topliss-reactive ketones (excluding diaryl/α,β-unsaturated/α-hetero) is 1. The summed E-state index contributed by atoms with van der Waals surface area (Å²) in [6, 6.07) is 4.73. The number of benzene rings is 1. The van der Waals surface area contributed by atoms with Gasteiger partial charge in [0.15, 0.2) is 5.78 Å². The topological polar surface area (TPSA) is 17.1 Å². The highest BCUT2D eigenvalue weighted by Crippen LogP contribution is 2.13. The maximum absolute atomic E-state index is 13.4. The van der Waals surface area contributed by atoms with E-state index in [4.69, 9.17) is 0 Å². The van der Waals surface area contributed by atoms with Crippen molar-refractivity contribution in [3.63, 3.8) is 0 Å². The molecule has 76 valence electrons. The summed E-state index contributed by atoms with van der Waals surface area (Å²) in [6.07, 6.45) is 2.78. The third-order valence-electron chi connectivity index (χ3n) is 2.26. The Balaban J connectivity index is 2.84. The van der Waals surface area contributed by atoms with Crippen molar-refractivity contribution in [2.75, 3.05) is 0 Å². The predicted molar refractivity (Wildman–Crippen MR) is 55.0 cm³/mol. The van der Waals surface area contributed by atoms with E-state index in [1.807, 2.05) is 0 Å². The van der Waals surface area contributed by atoms with E-state index in [2.05, 4.69) is 6.92 Å². The summed E-state index contributed by atoms with van der Waals surface area (Å²) in [4.78, 5) is 11.0. The molecule has 0 aliphatic carbocycles. The number of ketones is 1. The number of carbonyl (C=O) groups is 1. The van der Waals surface area contributed by atoms with Crippen LogP contribution in [0.2, 0.25) is 0 Å². The van der Waals surface area contributed by atoms with Gasteiger partial charge in [0.25, 0.3) is 0 Å². The lowest BCUT2D eigenvalue weighted by molar-refractivity contribution is 0.101. The van der Waals surface area contributed by atoms with E-state index in [1.165, 1.54) is 13.0 Å². The van der Waals surface area contributed by atoms with E-state index in [-0.39, 0.29) is 11.6 Å². The van der Waals surface area contributed by atoms with Gasteiger partial charge in [-0.25, -0.2) is 4.39 Å². The molecule has 1 nitrogen and oxygen atoms in total. The minimum absolute atomic E-state index is 0.0917. The number of rotatable bonds is 4. The highest BCUT2D eigenvalue weighted by molar-refractivity contribution is 5.94. The lowest BCUT2D eigenvalue weighted by Crippen LogP contribution is -1.96. The Morgan fingerprint density at radius 2 is 2.14 bits per heavy atom. The van der Waals surface area contributed by atoms with Crippen molar-refractivity contribution in [3.8, 4) is 0 Å². The molecule has 0 aliphatic heterocycles. The Morgan fingerprint density at radius 3 is 2.64 bits per heavy atom. The first-order valence-corrected chi connectivity index (χ1v) is 4.94. The summed E-state index contributed by atoms with van der Waals surface area (Å²) < 4.78 is 13.4. The number of hydrogen-bond donors (Lipinski definition) is 0. The standard InChI is InChI=1S/C12H15FO/c1-3-4-5-10-6-7-11(9(2)14)8-12(10)13/h6-8H,3-5H2,1-2H3. The normalized spacial score (nSPS) is 10.2. The molecule has 1 aromatic carbocycles. The Morgan fingerprint density at radius 1 is 1.43 bits per heavy atom. The van der Waals surface area contributed by atoms with E-state index in [0.717, 1.165) is 19.3 Å². The van der Waals surface area contributed by atoms with Crippen LogP contribution in [-0.4, -0.2) is 5.78 Å². The average molecular weight is 194 g/mol. The first kappa shape index (κ1) is 10.9. The molecule has 0 N–H and O–H groups in total. The van der Waals surface area contributed by atoms with E-state index >= 15 is 0 Å². The Bertz CT molecular complexity index is 331. The Hall–Kier alpha value is -1.18. The first-order chi connectivity index (χ1) is 6.65. The number of hydrogen-bond acceptors (Lipinski definition) is 1. The molecule has 0 spiro atoms. The second-order valence-corrected chi connectivity index (χ2v) is 3.47. The third kappa shape index (κ3) is 2.66. The molecule has 0 amide bonds. The molecule has 0 saturated heterocycles. The van der Waals surface area contributed by atoms with Gasteiger partial charge in [0.1, 0.15) is 5.82 Å². The van der Waals surface area contributed by atoms with Crippen molar-refractivity contribution in [3.05, 3.63) is 35.1 Å². The van der Waals surface area contributed by atoms with Crippen LogP contribution in [0.1, 0.15) is 42.6 Å². The summed E-state index contributed by atoms with van der Waals surface area (Å²) in [5, 5.41) is 0. The monoisotopic (exact) mass is 194 g/mol. The van der Waals surface area contributed by atoms with E-state index < -0.39 is 0 Å². The minimum atomic E-state index is -0.258. The summed E-state index contributed by atoms with van der Waals surface area (Å²) in [5.74, 6) is -0.350. The summed E-state index contributed by atoms with van der Waals surface area (Å²) in [6.45, 7) is 3.52. The lowest BCUT2D eigenvalue weighted by atomic mass is 10.0. The molecule has 0 saturated carbocycles. The first-order valence-electron chi connectivity index (χ1n) is 4.94. The molecule has 1 aromatic rings. The van der Waals surface area contributed by atoms with Crippen molar-refractivity contribution < 1.29 is 9.18 Å². The molecule has 0 radical (unpaired) electrons. The van der Waals surface area contributed by atoms with Crippen LogP contribution in [0.15, 0.2) is 18.2 Å². The van der Waals surface area contributed by atoms with Crippen LogP contribution >= 0.6 is 0 Å². The van der Waals surface area contributed by atoms with Crippen LogP contribution in [0, 0.1) is 5.82 Å². The van der Waals surface area contributed by atoms with Crippen molar-refractivity contribution >= 4 is 5.78 Å². The smallest absolute Gasteiger partial charge is 0.159 e. The number of aryl methyl sites for hydroxylation is 1. The van der Waals surface area contributed by atoms with Crippen molar-refractivity contribution in [2.45, 2.75) is 33.1 Å². The van der Waals surface area contributed by atoms with Crippen molar-refractivity contribution in [2.24, 2.45) is 0 Å². The number of carbonyl (C=O) groups excluding carboxylic acids is 1. The molecule has 0 heterocycles. The quantitative estimate of drug-likeness (QED) is 0.671. The fraction of sp³-hybridized carbons (Fsp3) is 0.417. The largest absolute Gasteiger partial charge is 0.295 e. The summed E-state index contributed by atoms with van der Waals surface area (Å²) >= 11 is 0. The van der Waals surface area contributed by atoms with Crippen molar-refractivity contribution in [1.29, 1.82) is 0 Å². The van der Waals surface area contributed by atoms with Gasteiger partial charge in [0, 0.05) is 5.56 Å². The summed E-state index contributed by atoms with van der Waals surface area (Å²) in [5.41, 5.74) is 1.15. The molecule has 0 aliphatic rings. The second kappa shape index (κ2) is 4.89. The zero-order valence-corrected chi connectivity index (χ0v) is 8.64.